The lowest BCUT2D eigenvalue weighted by Gasteiger charge is -2.31. The third-order valence-electron chi connectivity index (χ3n) is 8.01. The van der Waals surface area contributed by atoms with Crippen molar-refractivity contribution in [2.75, 3.05) is 44.4 Å². The maximum atomic E-state index is 13.1. The molecule has 0 bridgehead atoms. The van der Waals surface area contributed by atoms with Gasteiger partial charge >= 0.3 is 6.01 Å². The van der Waals surface area contributed by atoms with Crippen LogP contribution in [0, 0.1) is 11.8 Å². The Balaban J connectivity index is 1.07. The van der Waals surface area contributed by atoms with Crippen molar-refractivity contribution in [2.24, 2.45) is 11.8 Å². The van der Waals surface area contributed by atoms with Crippen molar-refractivity contribution in [3.8, 4) is 6.01 Å². The van der Waals surface area contributed by atoms with Gasteiger partial charge in [-0.05, 0) is 37.8 Å². The van der Waals surface area contributed by atoms with E-state index in [-0.39, 0.29) is 29.9 Å². The zero-order valence-corrected chi connectivity index (χ0v) is 20.5. The van der Waals surface area contributed by atoms with Crippen molar-refractivity contribution in [3.05, 3.63) is 29.8 Å². The maximum absolute atomic E-state index is 13.1. The van der Waals surface area contributed by atoms with Gasteiger partial charge in [0.05, 0.1) is 25.0 Å². The smallest absolute Gasteiger partial charge is 0.322 e. The number of fused-ring (bicyclic) bond motifs is 2. The first-order valence-corrected chi connectivity index (χ1v) is 13.2. The molecule has 1 aliphatic carbocycles. The fourth-order valence-electron chi connectivity index (χ4n) is 5.80. The van der Waals surface area contributed by atoms with Gasteiger partial charge in [-0.25, -0.2) is 4.98 Å². The van der Waals surface area contributed by atoms with Gasteiger partial charge in [0.1, 0.15) is 6.61 Å². The number of carbonyl (C=O) groups is 1. The number of rotatable bonds is 7. The van der Waals surface area contributed by atoms with Gasteiger partial charge in [-0.2, -0.15) is 20.1 Å². The number of anilines is 1. The van der Waals surface area contributed by atoms with E-state index in [2.05, 4.69) is 46.4 Å². The van der Waals surface area contributed by atoms with Crippen LogP contribution in [0.3, 0.4) is 0 Å². The normalized spacial score (nSPS) is 27.4. The minimum Gasteiger partial charge on any atom is -0.461 e. The Morgan fingerprint density at radius 2 is 2.03 bits per heavy atom. The highest BCUT2D eigenvalue weighted by molar-refractivity contribution is 5.91. The Labute approximate surface area is 213 Å². The SMILES string of the molecule is O=C(NC1[C@H]2COC[C@@H]12)c1nc(OC[C@H]2CCCO2)nc(N2CCC(c3n[nH]c4ncccc34)CC2)n1. The number of pyridine rings is 1. The lowest BCUT2D eigenvalue weighted by Crippen LogP contribution is -2.36. The summed E-state index contributed by atoms with van der Waals surface area (Å²) < 4.78 is 17.0. The van der Waals surface area contributed by atoms with Crippen molar-refractivity contribution in [3.63, 3.8) is 0 Å². The Morgan fingerprint density at radius 3 is 2.84 bits per heavy atom. The topological polar surface area (TPSA) is 140 Å². The Bertz CT molecular complexity index is 1280. The molecule has 0 spiro atoms. The fraction of sp³-hybridized carbons (Fsp3) is 0.600. The van der Waals surface area contributed by atoms with Crippen LogP contribution < -0.4 is 15.0 Å². The lowest BCUT2D eigenvalue weighted by molar-refractivity contribution is 0.0642. The minimum absolute atomic E-state index is 0.0252. The van der Waals surface area contributed by atoms with Crippen molar-refractivity contribution in [1.29, 1.82) is 0 Å². The second kappa shape index (κ2) is 9.49. The van der Waals surface area contributed by atoms with Crippen LogP contribution in [-0.2, 0) is 9.47 Å². The van der Waals surface area contributed by atoms with Gasteiger partial charge in [-0.3, -0.25) is 9.89 Å². The number of H-pyrrole nitrogens is 1. The number of hydrogen-bond donors (Lipinski definition) is 2. The monoisotopic (exact) mass is 506 g/mol. The molecule has 3 aromatic heterocycles. The molecule has 0 aromatic carbocycles. The number of aromatic nitrogens is 6. The summed E-state index contributed by atoms with van der Waals surface area (Å²) in [4.78, 5) is 33.1. The Hall–Kier alpha value is -3.38. The fourth-order valence-corrected chi connectivity index (χ4v) is 5.80. The molecule has 12 nitrogen and oxygen atoms in total. The molecule has 6 heterocycles. The number of amides is 1. The predicted molar refractivity (Wildman–Crippen MR) is 131 cm³/mol. The molecule has 1 amide bonds. The standard InChI is InChI=1S/C25H30N8O4/c34-23(27-20-17-12-35-13-18(17)20)22-28-24(30-25(29-22)37-11-15-3-2-10-36-15)33-8-5-14(6-9-33)19-16-4-1-7-26-21(16)32-31-19/h1,4,7,14-15,17-18,20H,2-3,5-6,8-13H2,(H,27,34)(H,26,31,32)/t15-,17-,18+,20?/m1/s1. The largest absolute Gasteiger partial charge is 0.461 e. The summed E-state index contributed by atoms with van der Waals surface area (Å²) in [5.74, 6) is 1.36. The van der Waals surface area contributed by atoms with Crippen molar-refractivity contribution in [1.82, 2.24) is 35.5 Å². The molecule has 3 saturated heterocycles. The average molecular weight is 507 g/mol. The third kappa shape index (κ3) is 4.48. The molecule has 12 heteroatoms. The minimum atomic E-state index is -0.296. The van der Waals surface area contributed by atoms with Crippen LogP contribution >= 0.6 is 0 Å². The zero-order valence-electron chi connectivity index (χ0n) is 20.5. The molecule has 0 radical (unpaired) electrons. The summed E-state index contributed by atoms with van der Waals surface area (Å²) in [5.41, 5.74) is 1.87. The molecule has 194 valence electrons. The van der Waals surface area contributed by atoms with Crippen molar-refractivity contribution < 1.29 is 19.0 Å². The van der Waals surface area contributed by atoms with E-state index >= 15 is 0 Å². The van der Waals surface area contributed by atoms with Crippen LogP contribution in [0.1, 0.15) is 47.9 Å². The van der Waals surface area contributed by atoms with E-state index in [1.54, 1.807) is 6.20 Å². The molecular formula is C25H30N8O4. The van der Waals surface area contributed by atoms with Crippen LogP contribution in [0.5, 0.6) is 6.01 Å². The van der Waals surface area contributed by atoms with E-state index in [1.165, 1.54) is 0 Å². The van der Waals surface area contributed by atoms with E-state index < -0.39 is 0 Å². The van der Waals surface area contributed by atoms with Crippen LogP contribution in [-0.4, -0.2) is 87.7 Å². The third-order valence-corrected chi connectivity index (χ3v) is 8.01. The molecule has 4 fully saturated rings. The van der Waals surface area contributed by atoms with E-state index in [1.807, 2.05) is 6.07 Å². The Morgan fingerprint density at radius 1 is 1.16 bits per heavy atom. The summed E-state index contributed by atoms with van der Waals surface area (Å²) in [6, 6.07) is 4.29. The molecule has 1 saturated carbocycles. The second-order valence-electron chi connectivity index (χ2n) is 10.3. The van der Waals surface area contributed by atoms with Gasteiger partial charge in [0.15, 0.2) is 5.65 Å². The second-order valence-corrected chi connectivity index (χ2v) is 10.3. The summed E-state index contributed by atoms with van der Waals surface area (Å²) >= 11 is 0. The van der Waals surface area contributed by atoms with E-state index in [9.17, 15) is 4.79 Å². The van der Waals surface area contributed by atoms with Gasteiger partial charge in [-0.15, -0.1) is 0 Å². The van der Waals surface area contributed by atoms with E-state index in [0.29, 0.717) is 43.5 Å². The average Bonchev–Trinajstić information content (AvgIpc) is 3.47. The first-order chi connectivity index (χ1) is 18.2. The van der Waals surface area contributed by atoms with Gasteiger partial charge in [0, 0.05) is 55.1 Å². The van der Waals surface area contributed by atoms with Crippen LogP contribution in [0.2, 0.25) is 0 Å². The number of nitrogens with one attached hydrogen (secondary N) is 2. The molecule has 2 N–H and O–H groups in total. The Kier molecular flexibility index (Phi) is 5.85. The zero-order chi connectivity index (χ0) is 24.8. The molecule has 3 aliphatic heterocycles. The van der Waals surface area contributed by atoms with Crippen LogP contribution in [0.4, 0.5) is 5.95 Å². The van der Waals surface area contributed by atoms with Crippen LogP contribution in [0.15, 0.2) is 18.3 Å². The summed E-state index contributed by atoms with van der Waals surface area (Å²) in [7, 11) is 0. The number of hydrogen-bond acceptors (Lipinski definition) is 10. The quantitative estimate of drug-likeness (QED) is 0.484. The molecule has 3 aromatic rings. The predicted octanol–water partition coefficient (Wildman–Crippen LogP) is 1.46. The number of ether oxygens (including phenoxy) is 3. The molecular weight excluding hydrogens is 476 g/mol. The number of nitrogens with zero attached hydrogens (tertiary/aromatic N) is 6. The van der Waals surface area contributed by atoms with Gasteiger partial charge in [0.25, 0.3) is 5.91 Å². The maximum Gasteiger partial charge on any atom is 0.322 e. The molecule has 7 rings (SSSR count). The van der Waals surface area contributed by atoms with Crippen LogP contribution in [0.25, 0.3) is 11.0 Å². The van der Waals surface area contributed by atoms with E-state index in [0.717, 1.165) is 62.1 Å². The van der Waals surface area contributed by atoms with Gasteiger partial charge in [-0.1, -0.05) is 0 Å². The lowest BCUT2D eigenvalue weighted by atomic mass is 9.92. The first kappa shape index (κ1) is 22.8. The highest BCUT2D eigenvalue weighted by Gasteiger charge is 2.55. The number of aromatic amines is 1. The molecule has 4 aliphatic rings. The van der Waals surface area contributed by atoms with E-state index in [4.69, 9.17) is 14.2 Å². The molecule has 4 atom stereocenters. The first-order valence-electron chi connectivity index (χ1n) is 13.2. The highest BCUT2D eigenvalue weighted by atomic mass is 16.5. The van der Waals surface area contributed by atoms with Gasteiger partial charge in [0.2, 0.25) is 11.8 Å². The molecule has 1 unspecified atom stereocenters. The summed E-state index contributed by atoms with van der Waals surface area (Å²) in [6.07, 6.45) is 5.54. The summed E-state index contributed by atoms with van der Waals surface area (Å²) in [5, 5.41) is 11.7. The van der Waals surface area contributed by atoms with Gasteiger partial charge < -0.3 is 24.4 Å². The van der Waals surface area contributed by atoms with Crippen molar-refractivity contribution >= 4 is 22.9 Å². The molecule has 37 heavy (non-hydrogen) atoms. The summed E-state index contributed by atoms with van der Waals surface area (Å²) in [6.45, 7) is 3.97. The highest BCUT2D eigenvalue weighted by Crippen LogP contribution is 2.44. The number of piperidine rings is 1. The van der Waals surface area contributed by atoms with Crippen molar-refractivity contribution in [2.45, 2.75) is 43.7 Å². The number of carbonyl (C=O) groups excluding carboxylic acids is 1.